The Morgan fingerprint density at radius 1 is 1.50 bits per heavy atom. The molecular formula is C12H24N2OS. The first-order valence-electron chi connectivity index (χ1n) is 6.30. The van der Waals surface area contributed by atoms with Gasteiger partial charge in [0.15, 0.2) is 0 Å². The normalized spacial score (nSPS) is 27.4. The van der Waals surface area contributed by atoms with E-state index in [0.29, 0.717) is 17.7 Å². The van der Waals surface area contributed by atoms with Crippen LogP contribution in [0.15, 0.2) is 0 Å². The molecule has 0 aromatic carbocycles. The molecule has 0 spiro atoms. The summed E-state index contributed by atoms with van der Waals surface area (Å²) in [7, 11) is 0. The highest BCUT2D eigenvalue weighted by Gasteiger charge is 2.26. The molecule has 0 bridgehead atoms. The summed E-state index contributed by atoms with van der Waals surface area (Å²) in [6.45, 7) is 4.05. The third-order valence-corrected chi connectivity index (χ3v) is 4.26. The maximum Gasteiger partial charge on any atom is 0.221 e. The molecule has 4 heteroatoms. The number of hydrogen-bond donors (Lipinski definition) is 2. The largest absolute Gasteiger partial charge is 0.352 e. The van der Waals surface area contributed by atoms with Gasteiger partial charge in [-0.25, -0.2) is 0 Å². The molecule has 1 aliphatic carbocycles. The molecule has 94 valence electrons. The van der Waals surface area contributed by atoms with Crippen molar-refractivity contribution in [1.82, 2.24) is 5.32 Å². The smallest absolute Gasteiger partial charge is 0.221 e. The highest BCUT2D eigenvalue weighted by atomic mass is 32.2. The Hall–Kier alpha value is -0.220. The van der Waals surface area contributed by atoms with Gasteiger partial charge in [0.1, 0.15) is 0 Å². The summed E-state index contributed by atoms with van der Waals surface area (Å²) < 4.78 is 0. The first kappa shape index (κ1) is 13.8. The molecule has 1 aliphatic rings. The molecule has 1 fully saturated rings. The topological polar surface area (TPSA) is 55.1 Å². The van der Waals surface area contributed by atoms with Crippen molar-refractivity contribution < 1.29 is 4.79 Å². The zero-order valence-electron chi connectivity index (χ0n) is 10.4. The van der Waals surface area contributed by atoms with Crippen molar-refractivity contribution in [2.45, 2.75) is 63.3 Å². The molecule has 0 radical (unpaired) electrons. The molecule has 3 unspecified atom stereocenters. The molecule has 1 saturated carbocycles. The zero-order valence-corrected chi connectivity index (χ0v) is 11.2. The van der Waals surface area contributed by atoms with Gasteiger partial charge in [-0.1, -0.05) is 19.8 Å². The fourth-order valence-electron chi connectivity index (χ4n) is 2.23. The highest BCUT2D eigenvalue weighted by molar-refractivity contribution is 7.99. The lowest BCUT2D eigenvalue weighted by Crippen LogP contribution is -2.45. The number of rotatable bonds is 5. The minimum absolute atomic E-state index is 0.0409. The van der Waals surface area contributed by atoms with Gasteiger partial charge in [-0.05, 0) is 25.5 Å². The van der Waals surface area contributed by atoms with E-state index in [1.165, 1.54) is 19.3 Å². The summed E-state index contributed by atoms with van der Waals surface area (Å²) in [4.78, 5) is 11.7. The Bertz CT molecular complexity index is 219. The second-order valence-corrected chi connectivity index (χ2v) is 6.15. The van der Waals surface area contributed by atoms with Crippen LogP contribution in [-0.4, -0.2) is 29.0 Å². The molecule has 3 atom stereocenters. The third kappa shape index (κ3) is 4.74. The monoisotopic (exact) mass is 244 g/mol. The minimum Gasteiger partial charge on any atom is -0.352 e. The van der Waals surface area contributed by atoms with Crippen LogP contribution in [0.25, 0.3) is 0 Å². The first-order chi connectivity index (χ1) is 7.63. The number of hydrogen-bond acceptors (Lipinski definition) is 3. The fourth-order valence-corrected chi connectivity index (χ4v) is 3.43. The Morgan fingerprint density at radius 2 is 2.19 bits per heavy atom. The van der Waals surface area contributed by atoms with Crippen LogP contribution in [0.1, 0.15) is 46.0 Å². The minimum atomic E-state index is -0.0409. The van der Waals surface area contributed by atoms with Crippen LogP contribution >= 0.6 is 11.8 Å². The van der Waals surface area contributed by atoms with Crippen LogP contribution in [0.2, 0.25) is 0 Å². The quantitative estimate of drug-likeness (QED) is 0.776. The van der Waals surface area contributed by atoms with Crippen molar-refractivity contribution in [3.63, 3.8) is 0 Å². The highest BCUT2D eigenvalue weighted by Crippen LogP contribution is 2.28. The Balaban J connectivity index is 2.39. The van der Waals surface area contributed by atoms with Gasteiger partial charge in [0.05, 0.1) is 0 Å². The molecule has 0 saturated heterocycles. The SMILES string of the molecule is CCSC1CCCCC1NC(=O)CC(C)N. The first-order valence-corrected chi connectivity index (χ1v) is 7.35. The summed E-state index contributed by atoms with van der Waals surface area (Å²) in [6.07, 6.45) is 5.35. The molecule has 1 rings (SSSR count). The van der Waals surface area contributed by atoms with E-state index >= 15 is 0 Å². The number of nitrogens with one attached hydrogen (secondary N) is 1. The van der Waals surface area contributed by atoms with E-state index in [1.807, 2.05) is 18.7 Å². The van der Waals surface area contributed by atoms with E-state index < -0.39 is 0 Å². The average Bonchev–Trinajstić information content (AvgIpc) is 2.20. The van der Waals surface area contributed by atoms with E-state index in [-0.39, 0.29) is 11.9 Å². The molecule has 3 N–H and O–H groups in total. The van der Waals surface area contributed by atoms with Gasteiger partial charge in [-0.15, -0.1) is 0 Å². The summed E-state index contributed by atoms with van der Waals surface area (Å²) >= 11 is 1.98. The standard InChI is InChI=1S/C12H24N2OS/c1-3-16-11-7-5-4-6-10(11)14-12(15)8-9(2)13/h9-11H,3-8,13H2,1-2H3,(H,14,15). The molecule has 3 nitrogen and oxygen atoms in total. The number of amides is 1. The average molecular weight is 244 g/mol. The van der Waals surface area contributed by atoms with Crippen molar-refractivity contribution in [2.24, 2.45) is 5.73 Å². The maximum atomic E-state index is 11.7. The van der Waals surface area contributed by atoms with Crippen LogP contribution in [0, 0.1) is 0 Å². The third-order valence-electron chi connectivity index (χ3n) is 2.94. The zero-order chi connectivity index (χ0) is 12.0. The number of carbonyl (C=O) groups is 1. The Morgan fingerprint density at radius 3 is 2.81 bits per heavy atom. The van der Waals surface area contributed by atoms with E-state index in [4.69, 9.17) is 5.73 Å². The van der Waals surface area contributed by atoms with Crippen LogP contribution in [-0.2, 0) is 4.79 Å². The lowest BCUT2D eigenvalue weighted by atomic mass is 9.94. The predicted octanol–water partition coefficient (Wildman–Crippen LogP) is 1.90. The van der Waals surface area contributed by atoms with Crippen molar-refractivity contribution in [3.8, 4) is 0 Å². The molecule has 0 aromatic heterocycles. The lowest BCUT2D eigenvalue weighted by molar-refractivity contribution is -0.122. The van der Waals surface area contributed by atoms with Gasteiger partial charge in [0.2, 0.25) is 5.91 Å². The van der Waals surface area contributed by atoms with Crippen molar-refractivity contribution >= 4 is 17.7 Å². The number of nitrogens with two attached hydrogens (primary N) is 1. The van der Waals surface area contributed by atoms with Crippen LogP contribution in [0.3, 0.4) is 0 Å². The summed E-state index contributed by atoms with van der Waals surface area (Å²) in [5.74, 6) is 1.24. The van der Waals surface area contributed by atoms with Crippen molar-refractivity contribution in [3.05, 3.63) is 0 Å². The summed E-state index contributed by atoms with van der Waals surface area (Å²) in [5, 5.41) is 3.75. The van der Waals surface area contributed by atoms with E-state index in [2.05, 4.69) is 12.2 Å². The fraction of sp³-hybridized carbons (Fsp3) is 0.917. The van der Waals surface area contributed by atoms with Gasteiger partial charge < -0.3 is 11.1 Å². The van der Waals surface area contributed by atoms with Gasteiger partial charge in [-0.3, -0.25) is 4.79 Å². The van der Waals surface area contributed by atoms with E-state index in [0.717, 1.165) is 12.2 Å². The van der Waals surface area contributed by atoms with E-state index in [9.17, 15) is 4.79 Å². The summed E-state index contributed by atoms with van der Waals surface area (Å²) in [6, 6.07) is 0.325. The van der Waals surface area contributed by atoms with Gasteiger partial charge in [-0.2, -0.15) is 11.8 Å². The van der Waals surface area contributed by atoms with Gasteiger partial charge >= 0.3 is 0 Å². The molecule has 0 aliphatic heterocycles. The molecule has 0 aromatic rings. The number of carbonyl (C=O) groups excluding carboxylic acids is 1. The van der Waals surface area contributed by atoms with Crippen molar-refractivity contribution in [2.75, 3.05) is 5.75 Å². The molecule has 0 heterocycles. The van der Waals surface area contributed by atoms with Gasteiger partial charge in [0.25, 0.3) is 0 Å². The van der Waals surface area contributed by atoms with Crippen LogP contribution in [0.4, 0.5) is 0 Å². The van der Waals surface area contributed by atoms with Gasteiger partial charge in [0, 0.05) is 23.8 Å². The Kier molecular flexibility index (Phi) is 6.21. The molecule has 1 amide bonds. The summed E-state index contributed by atoms with van der Waals surface area (Å²) in [5.41, 5.74) is 5.63. The van der Waals surface area contributed by atoms with Crippen LogP contribution in [0.5, 0.6) is 0 Å². The van der Waals surface area contributed by atoms with Crippen LogP contribution < -0.4 is 11.1 Å². The molecule has 16 heavy (non-hydrogen) atoms. The second-order valence-electron chi connectivity index (χ2n) is 4.63. The second kappa shape index (κ2) is 7.17. The lowest BCUT2D eigenvalue weighted by Gasteiger charge is -2.31. The Labute approximate surface area is 103 Å². The molecular weight excluding hydrogens is 220 g/mol. The number of thioether (sulfide) groups is 1. The predicted molar refractivity (Wildman–Crippen MR) is 70.6 cm³/mol. The maximum absolute atomic E-state index is 11.7. The van der Waals surface area contributed by atoms with Crippen molar-refractivity contribution in [1.29, 1.82) is 0 Å². The van der Waals surface area contributed by atoms with E-state index in [1.54, 1.807) is 0 Å².